The van der Waals surface area contributed by atoms with Gasteiger partial charge in [0.05, 0.1) is 14.2 Å². The van der Waals surface area contributed by atoms with E-state index in [0.717, 1.165) is 48.9 Å². The summed E-state index contributed by atoms with van der Waals surface area (Å²) < 4.78 is 22.9. The number of rotatable bonds is 4. The Morgan fingerprint density at radius 3 is 2.53 bits per heavy atom. The van der Waals surface area contributed by atoms with Gasteiger partial charge in [-0.25, -0.2) is 0 Å². The Hall–Kier alpha value is -3.18. The molecular weight excluding hydrogens is 402 g/mol. The van der Waals surface area contributed by atoms with Gasteiger partial charge in [0.1, 0.15) is 0 Å². The predicted molar refractivity (Wildman–Crippen MR) is 122 cm³/mol. The molecule has 3 aliphatic rings. The SMILES string of the molecule is COc1ccc2c(c1OC)CN1CCc3cc4c(cc3C1[C@@H]2Cc1ccccc1)OCO4. The normalized spacial score (nSPS) is 20.8. The van der Waals surface area contributed by atoms with Crippen LogP contribution in [0.25, 0.3) is 0 Å². The Morgan fingerprint density at radius 1 is 0.938 bits per heavy atom. The van der Waals surface area contributed by atoms with Crippen LogP contribution in [0, 0.1) is 0 Å². The molecule has 0 fully saturated rings. The van der Waals surface area contributed by atoms with Gasteiger partial charge in [0.15, 0.2) is 23.0 Å². The summed E-state index contributed by atoms with van der Waals surface area (Å²) in [5.74, 6) is 3.68. The quantitative estimate of drug-likeness (QED) is 0.592. The van der Waals surface area contributed by atoms with E-state index in [-0.39, 0.29) is 6.04 Å². The zero-order valence-corrected chi connectivity index (χ0v) is 18.5. The number of fused-ring (bicyclic) bond motifs is 5. The summed E-state index contributed by atoms with van der Waals surface area (Å²) in [6.07, 6.45) is 1.96. The number of methoxy groups -OCH3 is 2. The first-order valence-corrected chi connectivity index (χ1v) is 11.2. The third-order valence-electron chi connectivity index (χ3n) is 7.14. The van der Waals surface area contributed by atoms with E-state index in [1.54, 1.807) is 14.2 Å². The number of ether oxygens (including phenoxy) is 4. The Kier molecular flexibility index (Phi) is 4.72. The van der Waals surface area contributed by atoms with Crippen LogP contribution < -0.4 is 18.9 Å². The zero-order chi connectivity index (χ0) is 21.7. The van der Waals surface area contributed by atoms with Crippen LogP contribution in [0.15, 0.2) is 54.6 Å². The van der Waals surface area contributed by atoms with Crippen LogP contribution in [0.2, 0.25) is 0 Å². The molecule has 0 amide bonds. The van der Waals surface area contributed by atoms with Crippen LogP contribution in [0.1, 0.15) is 39.8 Å². The third-order valence-corrected chi connectivity index (χ3v) is 7.14. The smallest absolute Gasteiger partial charge is 0.231 e. The number of nitrogens with zero attached hydrogens (tertiary/aromatic N) is 1. The Labute approximate surface area is 188 Å². The first kappa shape index (κ1) is 19.5. The summed E-state index contributed by atoms with van der Waals surface area (Å²) in [6, 6.07) is 19.8. The number of benzene rings is 3. The monoisotopic (exact) mass is 429 g/mol. The molecule has 1 unspecified atom stereocenters. The molecule has 32 heavy (non-hydrogen) atoms. The van der Waals surface area contributed by atoms with Crippen molar-refractivity contribution in [3.05, 3.63) is 82.4 Å². The molecule has 3 aliphatic heterocycles. The van der Waals surface area contributed by atoms with E-state index in [2.05, 4.69) is 59.5 Å². The van der Waals surface area contributed by atoms with Crippen molar-refractivity contribution >= 4 is 0 Å². The lowest BCUT2D eigenvalue weighted by molar-refractivity contribution is 0.130. The highest BCUT2D eigenvalue weighted by atomic mass is 16.7. The van der Waals surface area contributed by atoms with E-state index in [4.69, 9.17) is 18.9 Å². The molecule has 0 saturated carbocycles. The molecule has 0 N–H and O–H groups in total. The van der Waals surface area contributed by atoms with Crippen LogP contribution in [-0.2, 0) is 19.4 Å². The van der Waals surface area contributed by atoms with Gasteiger partial charge >= 0.3 is 0 Å². The van der Waals surface area contributed by atoms with Gasteiger partial charge < -0.3 is 18.9 Å². The average molecular weight is 430 g/mol. The molecule has 0 bridgehead atoms. The van der Waals surface area contributed by atoms with Crippen molar-refractivity contribution in [2.24, 2.45) is 0 Å². The first-order chi connectivity index (χ1) is 15.8. The van der Waals surface area contributed by atoms with Crippen molar-refractivity contribution in [1.82, 2.24) is 4.90 Å². The van der Waals surface area contributed by atoms with Crippen molar-refractivity contribution in [3.8, 4) is 23.0 Å². The molecule has 6 rings (SSSR count). The summed E-state index contributed by atoms with van der Waals surface area (Å²) in [5, 5.41) is 0. The highest BCUT2D eigenvalue weighted by Crippen LogP contribution is 2.52. The molecule has 0 aromatic heterocycles. The van der Waals surface area contributed by atoms with E-state index in [9.17, 15) is 0 Å². The van der Waals surface area contributed by atoms with E-state index in [1.807, 2.05) is 0 Å². The summed E-state index contributed by atoms with van der Waals surface area (Å²) in [7, 11) is 3.44. The number of hydrogen-bond donors (Lipinski definition) is 0. The van der Waals surface area contributed by atoms with Gasteiger partial charge in [-0.3, -0.25) is 4.90 Å². The summed E-state index contributed by atoms with van der Waals surface area (Å²) in [6.45, 7) is 2.15. The van der Waals surface area contributed by atoms with Gasteiger partial charge in [0.25, 0.3) is 0 Å². The lowest BCUT2D eigenvalue weighted by atomic mass is 9.73. The van der Waals surface area contributed by atoms with Crippen LogP contribution >= 0.6 is 0 Å². The fraction of sp³-hybridized carbons (Fsp3) is 0.333. The zero-order valence-electron chi connectivity index (χ0n) is 18.5. The van der Waals surface area contributed by atoms with Crippen molar-refractivity contribution in [1.29, 1.82) is 0 Å². The Bertz CT molecular complexity index is 1160. The van der Waals surface area contributed by atoms with E-state index in [0.29, 0.717) is 12.7 Å². The van der Waals surface area contributed by atoms with Gasteiger partial charge in [0, 0.05) is 30.6 Å². The second kappa shape index (κ2) is 7.75. The lowest BCUT2D eigenvalue weighted by Gasteiger charge is -2.46. The van der Waals surface area contributed by atoms with Gasteiger partial charge in [-0.2, -0.15) is 0 Å². The summed E-state index contributed by atoms with van der Waals surface area (Å²) in [4.78, 5) is 2.60. The van der Waals surface area contributed by atoms with Crippen molar-refractivity contribution < 1.29 is 18.9 Å². The molecular formula is C27H27NO4. The molecule has 3 aromatic carbocycles. The van der Waals surface area contributed by atoms with E-state index in [1.165, 1.54) is 27.8 Å². The van der Waals surface area contributed by atoms with Crippen molar-refractivity contribution in [3.63, 3.8) is 0 Å². The molecule has 5 heteroatoms. The highest BCUT2D eigenvalue weighted by molar-refractivity contribution is 5.57. The van der Waals surface area contributed by atoms with Crippen molar-refractivity contribution in [2.75, 3.05) is 27.6 Å². The molecule has 0 radical (unpaired) electrons. The maximum atomic E-state index is 5.85. The Balaban J connectivity index is 1.52. The van der Waals surface area contributed by atoms with Gasteiger partial charge in [-0.15, -0.1) is 0 Å². The van der Waals surface area contributed by atoms with E-state index < -0.39 is 0 Å². The maximum Gasteiger partial charge on any atom is 0.231 e. The largest absolute Gasteiger partial charge is 0.493 e. The minimum Gasteiger partial charge on any atom is -0.493 e. The molecule has 0 saturated heterocycles. The first-order valence-electron chi connectivity index (χ1n) is 11.2. The van der Waals surface area contributed by atoms with Gasteiger partial charge in [-0.05, 0) is 53.3 Å². The molecule has 5 nitrogen and oxygen atoms in total. The maximum absolute atomic E-state index is 5.85. The Morgan fingerprint density at radius 2 is 1.75 bits per heavy atom. The minimum absolute atomic E-state index is 0.277. The molecule has 164 valence electrons. The van der Waals surface area contributed by atoms with Gasteiger partial charge in [-0.1, -0.05) is 36.4 Å². The summed E-state index contributed by atoms with van der Waals surface area (Å²) >= 11 is 0. The third kappa shape index (κ3) is 3.03. The number of hydrogen-bond acceptors (Lipinski definition) is 5. The topological polar surface area (TPSA) is 40.2 Å². The molecule has 0 spiro atoms. The van der Waals surface area contributed by atoms with Crippen LogP contribution in [0.5, 0.6) is 23.0 Å². The van der Waals surface area contributed by atoms with Crippen molar-refractivity contribution in [2.45, 2.75) is 31.3 Å². The predicted octanol–water partition coefficient (Wildman–Crippen LogP) is 4.87. The van der Waals surface area contributed by atoms with Gasteiger partial charge in [0.2, 0.25) is 6.79 Å². The fourth-order valence-corrected chi connectivity index (χ4v) is 5.72. The second-order valence-electron chi connectivity index (χ2n) is 8.73. The van der Waals surface area contributed by atoms with E-state index >= 15 is 0 Å². The lowest BCUT2D eigenvalue weighted by Crippen LogP contribution is -2.42. The van der Waals surface area contributed by atoms with Crippen LogP contribution in [-0.4, -0.2) is 32.5 Å². The summed E-state index contributed by atoms with van der Waals surface area (Å²) in [5.41, 5.74) is 6.67. The molecule has 0 aliphatic carbocycles. The highest BCUT2D eigenvalue weighted by Gasteiger charge is 2.41. The van der Waals surface area contributed by atoms with Crippen LogP contribution in [0.4, 0.5) is 0 Å². The fourth-order valence-electron chi connectivity index (χ4n) is 5.72. The standard InChI is InChI=1S/C27H27NO4/c1-29-23-9-8-19-21(12-17-6-4-3-5-7-17)26-20-14-25-24(31-16-32-25)13-18(20)10-11-28(26)15-22(19)27(23)30-2/h3-9,13-14,21,26H,10-12,15-16H2,1-2H3/t21-,26?/m1/s1. The molecule has 3 aromatic rings. The molecule has 2 atom stereocenters. The minimum atomic E-state index is 0.277. The second-order valence-corrected chi connectivity index (χ2v) is 8.73. The average Bonchev–Trinajstić information content (AvgIpc) is 3.29. The molecule has 3 heterocycles. The van der Waals surface area contributed by atoms with Crippen LogP contribution in [0.3, 0.4) is 0 Å².